The van der Waals surface area contributed by atoms with Crippen LogP contribution in [0.25, 0.3) is 0 Å². The van der Waals surface area contributed by atoms with Gasteiger partial charge in [-0.25, -0.2) is 4.79 Å². The van der Waals surface area contributed by atoms with Gasteiger partial charge in [0.15, 0.2) is 0 Å². The van der Waals surface area contributed by atoms with E-state index in [1.54, 1.807) is 6.92 Å². The predicted octanol–water partition coefficient (Wildman–Crippen LogP) is 7.42. The fourth-order valence-electron chi connectivity index (χ4n) is 4.15. The molecule has 0 aromatic heterocycles. The molecule has 0 radical (unpaired) electrons. The summed E-state index contributed by atoms with van der Waals surface area (Å²) in [5, 5.41) is 17.9. The van der Waals surface area contributed by atoms with E-state index in [9.17, 15) is 19.0 Å². The number of carbonyl (C=O) groups excluding carboxylic acids is 1. The Morgan fingerprint density at radius 1 is 0.725 bits per heavy atom. The van der Waals surface area contributed by atoms with Crippen LogP contribution in [0.1, 0.15) is 136 Å². The van der Waals surface area contributed by atoms with Crippen molar-refractivity contribution in [2.24, 2.45) is 0 Å². The van der Waals surface area contributed by atoms with Crippen LogP contribution in [0.2, 0.25) is 6.04 Å². The molecule has 0 aliphatic rings. The second-order valence-electron chi connectivity index (χ2n) is 11.2. The molecule has 0 aliphatic carbocycles. The molecule has 0 bridgehead atoms. The Balaban J connectivity index is -0.000000669. The first-order chi connectivity index (χ1) is 18.6. The van der Waals surface area contributed by atoms with Crippen molar-refractivity contribution in [2.75, 3.05) is 31.4 Å². The summed E-state index contributed by atoms with van der Waals surface area (Å²) in [4.78, 5) is 30.7. The monoisotopic (exact) mass is 642 g/mol. The quantitative estimate of drug-likeness (QED) is 0.0254. The summed E-state index contributed by atoms with van der Waals surface area (Å²) in [6, 6.07) is 0.552. The van der Waals surface area contributed by atoms with Crippen LogP contribution in [0.5, 0.6) is 0 Å². The SMILES string of the molecule is C=C(C)C(=O)OCCCCCCCC[Si](O)(CO)CO.CCCCCCCCP(=O)(O)CCCCCCCC.[Ti]. The molecule has 4 N–H and O–H groups in total. The molecule has 40 heavy (non-hydrogen) atoms. The van der Waals surface area contributed by atoms with Crippen molar-refractivity contribution in [3.63, 3.8) is 0 Å². The van der Waals surface area contributed by atoms with Gasteiger partial charge in [-0.15, -0.1) is 0 Å². The zero-order chi connectivity index (χ0) is 29.8. The molecule has 0 fully saturated rings. The molecule has 10 heteroatoms. The smallest absolute Gasteiger partial charge is 0.333 e. The van der Waals surface area contributed by atoms with Crippen LogP contribution in [0.4, 0.5) is 0 Å². The Kier molecular flexibility index (Phi) is 34.2. The minimum atomic E-state index is -2.80. The summed E-state index contributed by atoms with van der Waals surface area (Å²) in [5.74, 6) is -0.331. The topological polar surface area (TPSA) is 124 Å². The van der Waals surface area contributed by atoms with Gasteiger partial charge < -0.3 is 24.6 Å². The van der Waals surface area contributed by atoms with Crippen molar-refractivity contribution >= 4 is 21.7 Å². The normalized spacial score (nSPS) is 11.4. The van der Waals surface area contributed by atoms with Gasteiger partial charge in [0.05, 0.1) is 19.1 Å². The minimum Gasteiger partial charge on any atom is -0.462 e. The van der Waals surface area contributed by atoms with Crippen molar-refractivity contribution in [2.45, 2.75) is 142 Å². The van der Waals surface area contributed by atoms with Gasteiger partial charge in [0.2, 0.25) is 15.7 Å². The summed E-state index contributed by atoms with van der Waals surface area (Å²) < 4.78 is 16.9. The van der Waals surface area contributed by atoms with E-state index in [1.165, 1.54) is 51.4 Å². The average molecular weight is 643 g/mol. The van der Waals surface area contributed by atoms with E-state index in [0.29, 0.717) is 30.5 Å². The summed E-state index contributed by atoms with van der Waals surface area (Å²) in [6.45, 7) is 10.0. The minimum absolute atomic E-state index is 0. The Bertz CT molecular complexity index is 613. The first-order valence-corrected chi connectivity index (χ1v) is 20.2. The van der Waals surface area contributed by atoms with Crippen LogP contribution in [0.3, 0.4) is 0 Å². The van der Waals surface area contributed by atoms with E-state index in [2.05, 4.69) is 20.4 Å². The number of esters is 1. The number of aliphatic hydroxyl groups excluding tert-OH is 2. The molecule has 0 aliphatic heterocycles. The van der Waals surface area contributed by atoms with Gasteiger partial charge in [0.25, 0.3) is 0 Å². The number of hydrogen-bond donors (Lipinski definition) is 4. The van der Waals surface area contributed by atoms with Crippen LogP contribution in [0.15, 0.2) is 12.2 Å². The number of carbonyl (C=O) groups is 1. The van der Waals surface area contributed by atoms with Crippen LogP contribution in [0, 0.1) is 0 Å². The Morgan fingerprint density at radius 2 is 1.10 bits per heavy atom. The third kappa shape index (κ3) is 31.2. The summed E-state index contributed by atoms with van der Waals surface area (Å²) in [6.07, 6.45) is 20.6. The zero-order valence-electron chi connectivity index (χ0n) is 26.1. The zero-order valence-corrected chi connectivity index (χ0v) is 29.6. The fraction of sp³-hybridized carbons (Fsp3) is 0.900. The van der Waals surface area contributed by atoms with Crippen molar-refractivity contribution < 1.29 is 55.7 Å². The molecule has 0 saturated heterocycles. The van der Waals surface area contributed by atoms with Crippen molar-refractivity contribution in [1.29, 1.82) is 0 Å². The molecule has 0 spiro atoms. The van der Waals surface area contributed by atoms with Crippen LogP contribution < -0.4 is 0 Å². The van der Waals surface area contributed by atoms with Crippen molar-refractivity contribution in [3.8, 4) is 0 Å². The maximum absolute atomic E-state index is 11.9. The second kappa shape index (κ2) is 30.7. The van der Waals surface area contributed by atoms with Gasteiger partial charge in [-0.3, -0.25) is 4.57 Å². The molecule has 0 amide bonds. The molecule has 0 aromatic rings. The van der Waals surface area contributed by atoms with Gasteiger partial charge in [-0.05, 0) is 32.2 Å². The summed E-state index contributed by atoms with van der Waals surface area (Å²) in [7, 11) is -5.56. The third-order valence-electron chi connectivity index (χ3n) is 6.93. The maximum Gasteiger partial charge on any atom is 0.333 e. The van der Waals surface area contributed by atoms with Gasteiger partial charge in [0.1, 0.15) is 0 Å². The Labute approximate surface area is 262 Å². The largest absolute Gasteiger partial charge is 0.462 e. The summed E-state index contributed by atoms with van der Waals surface area (Å²) in [5.41, 5.74) is 0.425. The molecule has 238 valence electrons. The van der Waals surface area contributed by atoms with E-state index in [1.807, 2.05) is 0 Å². The molecule has 0 unspecified atom stereocenters. The van der Waals surface area contributed by atoms with E-state index in [4.69, 9.17) is 14.9 Å². The molecule has 0 rings (SSSR count). The number of unbranched alkanes of at least 4 members (excludes halogenated alkanes) is 15. The molecular formula is C30H63O7PSiTi. The number of hydrogen-bond acceptors (Lipinski definition) is 6. The Hall–Kier alpha value is 0.211. The first-order valence-electron chi connectivity index (χ1n) is 15.6. The number of rotatable bonds is 26. The van der Waals surface area contributed by atoms with E-state index in [0.717, 1.165) is 64.2 Å². The third-order valence-corrected chi connectivity index (χ3v) is 11.4. The molecule has 0 atom stereocenters. The van der Waals surface area contributed by atoms with Gasteiger partial charge in [0, 0.05) is 39.6 Å². The van der Waals surface area contributed by atoms with E-state index >= 15 is 0 Å². The molecule has 0 saturated carbocycles. The average Bonchev–Trinajstić information content (AvgIpc) is 2.91. The van der Waals surface area contributed by atoms with Crippen LogP contribution in [-0.2, 0) is 35.8 Å². The molecule has 0 aromatic carbocycles. The number of aliphatic hydroxyl groups is 2. The maximum atomic E-state index is 11.9. The van der Waals surface area contributed by atoms with Crippen LogP contribution >= 0.6 is 7.37 Å². The predicted molar refractivity (Wildman–Crippen MR) is 167 cm³/mol. The van der Waals surface area contributed by atoms with Gasteiger partial charge in [-0.1, -0.05) is 117 Å². The Morgan fingerprint density at radius 3 is 1.50 bits per heavy atom. The summed E-state index contributed by atoms with van der Waals surface area (Å²) >= 11 is 0. The van der Waals surface area contributed by atoms with Crippen molar-refractivity contribution in [3.05, 3.63) is 12.2 Å². The molecular weight excluding hydrogens is 579 g/mol. The number of ether oxygens (including phenoxy) is 1. The van der Waals surface area contributed by atoms with Crippen molar-refractivity contribution in [1.82, 2.24) is 0 Å². The standard InChI is InChI=1S/C16H35O2P.C14H28O5Si.Ti/c1-3-5-7-9-11-13-15-19(17,18)16-14-12-10-8-6-4-2;1-13(2)14(17)19-9-7-5-3-4-6-8-10-20(18,11-15)12-16;/h3-16H2,1-2H3,(H,17,18);15-16,18H,1,3-12H2,2H3;. The van der Waals surface area contributed by atoms with E-state index in [-0.39, 0.29) is 40.1 Å². The van der Waals surface area contributed by atoms with E-state index < -0.39 is 15.7 Å². The second-order valence-corrected chi connectivity index (χ2v) is 17.3. The van der Waals surface area contributed by atoms with Gasteiger partial charge >= 0.3 is 5.97 Å². The molecule has 0 heterocycles. The molecule has 7 nitrogen and oxygen atoms in total. The fourth-order valence-corrected chi connectivity index (χ4v) is 7.13. The van der Waals surface area contributed by atoms with Gasteiger partial charge in [-0.2, -0.15) is 0 Å². The van der Waals surface area contributed by atoms with Crippen LogP contribution in [-0.4, -0.2) is 65.6 Å². The first kappa shape index (κ1) is 44.6.